The van der Waals surface area contributed by atoms with E-state index in [1.54, 1.807) is 0 Å². The summed E-state index contributed by atoms with van der Waals surface area (Å²) in [5.74, 6) is -1.56. The fraction of sp³-hybridized carbons (Fsp3) is 0.333. The predicted octanol–water partition coefficient (Wildman–Crippen LogP) is 2.52. The van der Waals surface area contributed by atoms with Gasteiger partial charge in [0.25, 0.3) is 0 Å². The highest BCUT2D eigenvalue weighted by Crippen LogP contribution is 2.31. The van der Waals surface area contributed by atoms with Gasteiger partial charge in [-0.15, -0.1) is 0 Å². The summed E-state index contributed by atoms with van der Waals surface area (Å²) in [5.41, 5.74) is 5.69. The number of nitrogens with zero attached hydrogens (tertiary/aromatic N) is 1. The Kier molecular flexibility index (Phi) is 3.93. The van der Waals surface area contributed by atoms with Gasteiger partial charge in [-0.1, -0.05) is 0 Å². The number of nitrogens with one attached hydrogen (secondary N) is 1. The fourth-order valence-corrected chi connectivity index (χ4v) is 1.61. The molecule has 0 radical (unpaired) electrons. The summed E-state index contributed by atoms with van der Waals surface area (Å²) in [6.07, 6.45) is -3.85. The maximum Gasteiger partial charge on any atom is 0.468 e. The van der Waals surface area contributed by atoms with Crippen LogP contribution >= 0.6 is 0 Å². The number of anilines is 1. The quantitative estimate of drug-likeness (QED) is 0.905. The predicted molar refractivity (Wildman–Crippen MR) is 65.9 cm³/mol. The molecule has 5 nitrogen and oxygen atoms in total. The van der Waals surface area contributed by atoms with E-state index < -0.39 is 12.1 Å². The van der Waals surface area contributed by atoms with Gasteiger partial charge in [-0.3, -0.25) is 4.79 Å². The Morgan fingerprint density at radius 2 is 2.15 bits per heavy atom. The third kappa shape index (κ3) is 3.27. The molecule has 108 valence electrons. The second kappa shape index (κ2) is 5.49. The SMILES string of the molecule is NCCCC(=O)Nc1ccc2oc(C(F)(F)F)nc2c1. The van der Waals surface area contributed by atoms with Crippen molar-refractivity contribution in [1.29, 1.82) is 0 Å². The van der Waals surface area contributed by atoms with Gasteiger partial charge in [0.15, 0.2) is 5.58 Å². The number of hydrogen-bond acceptors (Lipinski definition) is 4. The minimum atomic E-state index is -4.64. The third-order valence-electron chi connectivity index (χ3n) is 2.52. The lowest BCUT2D eigenvalue weighted by Gasteiger charge is -2.03. The summed E-state index contributed by atoms with van der Waals surface area (Å²) >= 11 is 0. The van der Waals surface area contributed by atoms with Crippen LogP contribution in [0.1, 0.15) is 18.7 Å². The third-order valence-corrected chi connectivity index (χ3v) is 2.52. The molecule has 0 aliphatic heterocycles. The van der Waals surface area contributed by atoms with E-state index in [1.165, 1.54) is 18.2 Å². The van der Waals surface area contributed by atoms with Gasteiger partial charge in [0.05, 0.1) is 0 Å². The van der Waals surface area contributed by atoms with Crippen molar-refractivity contribution in [2.75, 3.05) is 11.9 Å². The number of nitrogens with two attached hydrogens (primary N) is 1. The average molecular weight is 287 g/mol. The molecule has 0 atom stereocenters. The average Bonchev–Trinajstić information content (AvgIpc) is 2.79. The van der Waals surface area contributed by atoms with Gasteiger partial charge < -0.3 is 15.5 Å². The van der Waals surface area contributed by atoms with Crippen LogP contribution in [0.3, 0.4) is 0 Å². The highest BCUT2D eigenvalue weighted by molar-refractivity contribution is 5.92. The molecule has 0 fully saturated rings. The molecule has 0 unspecified atom stereocenters. The number of benzene rings is 1. The van der Waals surface area contributed by atoms with Crippen LogP contribution in [0.5, 0.6) is 0 Å². The molecular formula is C12H12F3N3O2. The molecule has 0 spiro atoms. The molecule has 8 heteroatoms. The highest BCUT2D eigenvalue weighted by Gasteiger charge is 2.37. The lowest BCUT2D eigenvalue weighted by molar-refractivity contribution is -0.156. The number of amides is 1. The van der Waals surface area contributed by atoms with Gasteiger partial charge in [-0.25, -0.2) is 4.98 Å². The van der Waals surface area contributed by atoms with Crippen molar-refractivity contribution < 1.29 is 22.4 Å². The van der Waals surface area contributed by atoms with E-state index in [1.807, 2.05) is 0 Å². The number of carbonyl (C=O) groups excluding carboxylic acids is 1. The monoisotopic (exact) mass is 287 g/mol. The first-order chi connectivity index (χ1) is 9.40. The van der Waals surface area contributed by atoms with Gasteiger partial charge >= 0.3 is 12.1 Å². The first-order valence-electron chi connectivity index (χ1n) is 5.88. The summed E-state index contributed by atoms with van der Waals surface area (Å²) in [5, 5.41) is 2.56. The van der Waals surface area contributed by atoms with Crippen LogP contribution in [0.4, 0.5) is 18.9 Å². The van der Waals surface area contributed by atoms with E-state index in [9.17, 15) is 18.0 Å². The molecule has 0 aliphatic carbocycles. The number of hydrogen-bond donors (Lipinski definition) is 2. The van der Waals surface area contributed by atoms with E-state index in [2.05, 4.69) is 14.7 Å². The van der Waals surface area contributed by atoms with E-state index in [0.717, 1.165) is 0 Å². The number of rotatable bonds is 4. The van der Waals surface area contributed by atoms with E-state index in [-0.39, 0.29) is 23.4 Å². The van der Waals surface area contributed by atoms with Crippen LogP contribution in [-0.4, -0.2) is 17.4 Å². The molecule has 2 aromatic rings. The molecule has 1 amide bonds. The fourth-order valence-electron chi connectivity index (χ4n) is 1.61. The maximum atomic E-state index is 12.4. The molecule has 0 bridgehead atoms. The number of oxazole rings is 1. The van der Waals surface area contributed by atoms with Crippen LogP contribution in [0.2, 0.25) is 0 Å². The summed E-state index contributed by atoms with van der Waals surface area (Å²) in [6.45, 7) is 0.394. The Morgan fingerprint density at radius 3 is 2.80 bits per heavy atom. The molecule has 0 saturated heterocycles. The first kappa shape index (κ1) is 14.3. The largest absolute Gasteiger partial charge is 0.468 e. The maximum absolute atomic E-state index is 12.4. The van der Waals surface area contributed by atoms with Crippen LogP contribution < -0.4 is 11.1 Å². The normalized spacial score (nSPS) is 11.8. The van der Waals surface area contributed by atoms with Crippen LogP contribution in [0.25, 0.3) is 11.1 Å². The summed E-state index contributed by atoms with van der Waals surface area (Å²) in [6, 6.07) is 4.11. The van der Waals surface area contributed by atoms with Crippen molar-refractivity contribution in [3.63, 3.8) is 0 Å². The topological polar surface area (TPSA) is 81.2 Å². The van der Waals surface area contributed by atoms with Gasteiger partial charge in [-0.2, -0.15) is 13.2 Å². The van der Waals surface area contributed by atoms with Crippen molar-refractivity contribution in [3.8, 4) is 0 Å². The first-order valence-corrected chi connectivity index (χ1v) is 5.88. The summed E-state index contributed by atoms with van der Waals surface area (Å²) in [7, 11) is 0. The lowest BCUT2D eigenvalue weighted by Crippen LogP contribution is -2.13. The van der Waals surface area contributed by atoms with E-state index >= 15 is 0 Å². The van der Waals surface area contributed by atoms with E-state index in [0.29, 0.717) is 18.7 Å². The lowest BCUT2D eigenvalue weighted by atomic mass is 10.2. The number of alkyl halides is 3. The molecule has 0 aliphatic rings. The van der Waals surface area contributed by atoms with Crippen LogP contribution in [-0.2, 0) is 11.0 Å². The van der Waals surface area contributed by atoms with Crippen molar-refractivity contribution in [3.05, 3.63) is 24.1 Å². The van der Waals surface area contributed by atoms with Gasteiger partial charge in [0, 0.05) is 12.1 Å². The molecule has 0 saturated carbocycles. The zero-order valence-electron chi connectivity index (χ0n) is 10.3. The standard InChI is InChI=1S/C12H12F3N3O2/c13-12(14,15)11-18-8-6-7(3-4-9(8)20-11)17-10(19)2-1-5-16/h3-4,6H,1-2,5,16H2,(H,17,19). The zero-order valence-corrected chi connectivity index (χ0v) is 10.3. The molecule has 1 aromatic carbocycles. The minimum Gasteiger partial charge on any atom is -0.433 e. The molecular weight excluding hydrogens is 275 g/mol. The second-order valence-corrected chi connectivity index (χ2v) is 4.14. The molecule has 1 aromatic heterocycles. The van der Waals surface area contributed by atoms with Gasteiger partial charge in [0.2, 0.25) is 5.91 Å². The molecule has 3 N–H and O–H groups in total. The van der Waals surface area contributed by atoms with E-state index in [4.69, 9.17) is 5.73 Å². The number of halogens is 3. The number of carbonyl (C=O) groups is 1. The Balaban J connectivity index is 2.19. The van der Waals surface area contributed by atoms with Crippen molar-refractivity contribution in [1.82, 2.24) is 4.98 Å². The van der Waals surface area contributed by atoms with Gasteiger partial charge in [-0.05, 0) is 31.2 Å². The highest BCUT2D eigenvalue weighted by atomic mass is 19.4. The summed E-state index contributed by atoms with van der Waals surface area (Å²) < 4.78 is 41.9. The number of aromatic nitrogens is 1. The zero-order chi connectivity index (χ0) is 14.8. The van der Waals surface area contributed by atoms with Crippen molar-refractivity contribution >= 4 is 22.7 Å². The van der Waals surface area contributed by atoms with Crippen molar-refractivity contribution in [2.24, 2.45) is 5.73 Å². The van der Waals surface area contributed by atoms with Crippen LogP contribution in [0, 0.1) is 0 Å². The Morgan fingerprint density at radius 1 is 1.40 bits per heavy atom. The number of fused-ring (bicyclic) bond motifs is 1. The van der Waals surface area contributed by atoms with Crippen LogP contribution in [0.15, 0.2) is 22.6 Å². The Hall–Kier alpha value is -2.09. The second-order valence-electron chi connectivity index (χ2n) is 4.14. The smallest absolute Gasteiger partial charge is 0.433 e. The molecule has 20 heavy (non-hydrogen) atoms. The molecule has 1 heterocycles. The summed E-state index contributed by atoms with van der Waals surface area (Å²) in [4.78, 5) is 14.8. The Labute approximate surface area is 111 Å². The Bertz CT molecular complexity index is 622. The van der Waals surface area contributed by atoms with Crippen molar-refractivity contribution in [2.45, 2.75) is 19.0 Å². The molecule has 2 rings (SSSR count). The van der Waals surface area contributed by atoms with Gasteiger partial charge in [0.1, 0.15) is 5.52 Å². The minimum absolute atomic E-state index is 0.0114.